The van der Waals surface area contributed by atoms with Crippen molar-refractivity contribution in [1.29, 1.82) is 0 Å². The Hall–Kier alpha value is -2.99. The maximum atomic E-state index is 14.4. The van der Waals surface area contributed by atoms with Gasteiger partial charge >= 0.3 is 12.1 Å². The predicted octanol–water partition coefficient (Wildman–Crippen LogP) is 4.14. The molecule has 2 aromatic carbocycles. The van der Waals surface area contributed by atoms with E-state index in [-0.39, 0.29) is 4.90 Å². The molecule has 0 bridgehead atoms. The molecule has 0 saturated carbocycles. The van der Waals surface area contributed by atoms with Crippen LogP contribution in [0.4, 0.5) is 17.6 Å². The number of carboxylic acids is 1. The molecule has 12 heteroatoms. The number of oxazole rings is 1. The van der Waals surface area contributed by atoms with Gasteiger partial charge in [0, 0.05) is 17.7 Å². The van der Waals surface area contributed by atoms with Gasteiger partial charge in [-0.2, -0.15) is 13.2 Å². The van der Waals surface area contributed by atoms with Crippen LogP contribution in [-0.2, 0) is 14.6 Å². The number of benzene rings is 2. The minimum absolute atomic E-state index is 0.0329. The number of piperidine rings is 1. The van der Waals surface area contributed by atoms with E-state index in [1.165, 1.54) is 12.1 Å². The highest BCUT2D eigenvalue weighted by molar-refractivity contribution is 7.90. The zero-order valence-electron chi connectivity index (χ0n) is 17.3. The lowest BCUT2D eigenvalue weighted by atomic mass is 9.98. The lowest BCUT2D eigenvalue weighted by Crippen LogP contribution is -2.26. The molecule has 2 N–H and O–H groups in total. The van der Waals surface area contributed by atoms with Gasteiger partial charge in [0.25, 0.3) is 0 Å². The fourth-order valence-electron chi connectivity index (χ4n) is 3.32. The van der Waals surface area contributed by atoms with E-state index in [0.29, 0.717) is 28.1 Å². The van der Waals surface area contributed by atoms with E-state index >= 15 is 0 Å². The Balaban J connectivity index is 0.000000383. The summed E-state index contributed by atoms with van der Waals surface area (Å²) in [6.07, 6.45) is -2.05. The first kappa shape index (κ1) is 24.6. The number of aliphatic carboxylic acids is 1. The van der Waals surface area contributed by atoms with Gasteiger partial charge in [-0.15, -0.1) is 0 Å². The van der Waals surface area contributed by atoms with Gasteiger partial charge in [0.2, 0.25) is 0 Å². The van der Waals surface area contributed by atoms with Gasteiger partial charge in [0.15, 0.2) is 21.3 Å². The monoisotopic (exact) mass is 488 g/mol. The van der Waals surface area contributed by atoms with E-state index in [9.17, 15) is 26.0 Å². The summed E-state index contributed by atoms with van der Waals surface area (Å²) in [5, 5.41) is 10.4. The highest BCUT2D eigenvalue weighted by Gasteiger charge is 2.38. The fourth-order valence-corrected chi connectivity index (χ4v) is 3.95. The normalized spacial score (nSPS) is 15.2. The van der Waals surface area contributed by atoms with Crippen LogP contribution in [-0.4, -0.2) is 50.0 Å². The van der Waals surface area contributed by atoms with Crippen LogP contribution in [0.15, 0.2) is 45.7 Å². The number of aromatic nitrogens is 1. The van der Waals surface area contributed by atoms with Crippen molar-refractivity contribution in [3.8, 4) is 11.1 Å². The molecule has 0 radical (unpaired) electrons. The summed E-state index contributed by atoms with van der Waals surface area (Å²) in [7, 11) is -3.44. The maximum Gasteiger partial charge on any atom is 0.490 e. The molecular formula is C21H20F4N2O5S. The third-order valence-electron chi connectivity index (χ3n) is 5.01. The number of rotatable bonds is 3. The molecule has 3 aromatic rings. The lowest BCUT2D eigenvalue weighted by molar-refractivity contribution is -0.192. The van der Waals surface area contributed by atoms with Crippen molar-refractivity contribution >= 4 is 26.9 Å². The zero-order chi connectivity index (χ0) is 24.4. The number of hydrogen-bond acceptors (Lipinski definition) is 6. The maximum absolute atomic E-state index is 14.4. The third-order valence-corrected chi connectivity index (χ3v) is 6.12. The molecule has 1 aromatic heterocycles. The first-order valence-electron chi connectivity index (χ1n) is 9.77. The number of carboxylic acid groups (broad SMARTS) is 1. The average Bonchev–Trinajstić information content (AvgIpc) is 3.17. The zero-order valence-corrected chi connectivity index (χ0v) is 18.1. The summed E-state index contributed by atoms with van der Waals surface area (Å²) < 4.78 is 75.2. The quantitative estimate of drug-likeness (QED) is 0.534. The van der Waals surface area contributed by atoms with E-state index in [1.54, 1.807) is 18.2 Å². The van der Waals surface area contributed by atoms with E-state index in [2.05, 4.69) is 10.3 Å². The summed E-state index contributed by atoms with van der Waals surface area (Å²) in [4.78, 5) is 13.5. The Morgan fingerprint density at radius 2 is 1.79 bits per heavy atom. The van der Waals surface area contributed by atoms with E-state index in [0.717, 1.165) is 44.1 Å². The standard InChI is InChI=1S/C19H19FN2O3S.C2HF3O2/c1-26(23,24)14-3-4-15(16(20)11-14)13-2-5-18-17(10-13)22-19(25-18)12-6-8-21-9-7-12;3-2(4,5)1(6)7/h2-5,10-12,21H,6-9H2,1H3;(H,6,7). The van der Waals surface area contributed by atoms with Gasteiger partial charge < -0.3 is 14.8 Å². The van der Waals surface area contributed by atoms with Crippen molar-refractivity contribution in [3.63, 3.8) is 0 Å². The Morgan fingerprint density at radius 3 is 2.33 bits per heavy atom. The van der Waals surface area contributed by atoms with Crippen LogP contribution in [0.25, 0.3) is 22.2 Å². The van der Waals surface area contributed by atoms with Crippen LogP contribution < -0.4 is 5.32 Å². The molecule has 1 fully saturated rings. The molecule has 0 spiro atoms. The van der Waals surface area contributed by atoms with Crippen molar-refractivity contribution in [1.82, 2.24) is 10.3 Å². The van der Waals surface area contributed by atoms with Gasteiger partial charge in [-0.1, -0.05) is 12.1 Å². The minimum Gasteiger partial charge on any atom is -0.475 e. The number of fused-ring (bicyclic) bond motifs is 1. The molecule has 4 rings (SSSR count). The molecule has 2 heterocycles. The van der Waals surface area contributed by atoms with Gasteiger partial charge in [-0.25, -0.2) is 22.6 Å². The van der Waals surface area contributed by atoms with Gasteiger partial charge in [0.05, 0.1) is 4.90 Å². The van der Waals surface area contributed by atoms with E-state index in [4.69, 9.17) is 14.3 Å². The second-order valence-corrected chi connectivity index (χ2v) is 9.49. The number of sulfone groups is 1. The van der Waals surface area contributed by atoms with Crippen LogP contribution in [0.3, 0.4) is 0 Å². The van der Waals surface area contributed by atoms with Gasteiger partial charge in [-0.3, -0.25) is 0 Å². The fraction of sp³-hybridized carbons (Fsp3) is 0.333. The number of alkyl halides is 3. The summed E-state index contributed by atoms with van der Waals surface area (Å²) in [6, 6.07) is 9.28. The summed E-state index contributed by atoms with van der Waals surface area (Å²) in [6.45, 7) is 1.90. The number of nitrogens with zero attached hydrogens (tertiary/aromatic N) is 1. The molecular weight excluding hydrogens is 468 g/mol. The lowest BCUT2D eigenvalue weighted by Gasteiger charge is -2.19. The second-order valence-electron chi connectivity index (χ2n) is 7.48. The smallest absolute Gasteiger partial charge is 0.475 e. The van der Waals surface area contributed by atoms with Crippen molar-refractivity contribution in [2.45, 2.75) is 29.8 Å². The van der Waals surface area contributed by atoms with Crippen LogP contribution in [0.2, 0.25) is 0 Å². The number of hydrogen-bond donors (Lipinski definition) is 2. The number of carbonyl (C=O) groups is 1. The van der Waals surface area contributed by atoms with Crippen LogP contribution in [0.1, 0.15) is 24.7 Å². The summed E-state index contributed by atoms with van der Waals surface area (Å²) >= 11 is 0. The minimum atomic E-state index is -5.08. The molecule has 178 valence electrons. The van der Waals surface area contributed by atoms with Gasteiger partial charge in [-0.05, 0) is 55.8 Å². The van der Waals surface area contributed by atoms with E-state index in [1.807, 2.05) is 0 Å². The van der Waals surface area contributed by atoms with Crippen molar-refractivity contribution < 1.29 is 40.3 Å². The average molecular weight is 488 g/mol. The molecule has 1 saturated heterocycles. The molecule has 0 atom stereocenters. The highest BCUT2D eigenvalue weighted by atomic mass is 32.2. The molecule has 0 amide bonds. The molecule has 1 aliphatic rings. The van der Waals surface area contributed by atoms with E-state index < -0.39 is 27.8 Å². The molecule has 0 aliphatic carbocycles. The van der Waals surface area contributed by atoms with Gasteiger partial charge in [0.1, 0.15) is 11.3 Å². The first-order valence-corrected chi connectivity index (χ1v) is 11.7. The second kappa shape index (κ2) is 9.48. The SMILES string of the molecule is CS(=O)(=O)c1ccc(-c2ccc3oc(C4CCNCC4)nc3c2)c(F)c1.O=C(O)C(F)(F)F. The summed E-state index contributed by atoms with van der Waals surface area (Å²) in [5.74, 6) is -2.30. The number of nitrogens with one attached hydrogen (secondary N) is 1. The molecule has 7 nitrogen and oxygen atoms in total. The Kier molecular flexibility index (Phi) is 7.08. The van der Waals surface area contributed by atoms with Crippen LogP contribution in [0.5, 0.6) is 0 Å². The highest BCUT2D eigenvalue weighted by Crippen LogP contribution is 2.31. The largest absolute Gasteiger partial charge is 0.490 e. The Labute approximate surface area is 186 Å². The van der Waals surface area contributed by atoms with Crippen LogP contribution in [0, 0.1) is 5.82 Å². The molecule has 0 unspecified atom stereocenters. The third kappa shape index (κ3) is 6.08. The molecule has 33 heavy (non-hydrogen) atoms. The first-order chi connectivity index (χ1) is 15.4. The van der Waals surface area contributed by atoms with Crippen molar-refractivity contribution in [2.75, 3.05) is 19.3 Å². The Bertz CT molecular complexity index is 1270. The van der Waals surface area contributed by atoms with Crippen molar-refractivity contribution in [3.05, 3.63) is 48.1 Å². The van der Waals surface area contributed by atoms with Crippen molar-refractivity contribution in [2.24, 2.45) is 0 Å². The topological polar surface area (TPSA) is 110 Å². The number of halogens is 4. The predicted molar refractivity (Wildman–Crippen MR) is 111 cm³/mol. The Morgan fingerprint density at radius 1 is 1.15 bits per heavy atom. The van der Waals surface area contributed by atoms with Crippen LogP contribution >= 0.6 is 0 Å². The molecule has 1 aliphatic heterocycles. The summed E-state index contributed by atoms with van der Waals surface area (Å²) in [5.41, 5.74) is 2.34.